The number of benzene rings is 1. The lowest BCUT2D eigenvalue weighted by Gasteiger charge is -2.08. The highest BCUT2D eigenvalue weighted by atomic mass is 19.4. The lowest BCUT2D eigenvalue weighted by atomic mass is 10.1. The molecule has 0 aliphatic carbocycles. The lowest BCUT2D eigenvalue weighted by Crippen LogP contribution is -2.33. The highest BCUT2D eigenvalue weighted by molar-refractivity contribution is 5.94. The van der Waals surface area contributed by atoms with Crippen LogP contribution in [0.4, 0.5) is 17.6 Å². The van der Waals surface area contributed by atoms with E-state index in [0.29, 0.717) is 5.56 Å². The molecule has 1 rings (SSSR count). The molecule has 0 saturated carbocycles. The summed E-state index contributed by atoms with van der Waals surface area (Å²) in [6, 6.07) is 3.50. The second-order valence-electron chi connectivity index (χ2n) is 3.26. The molecule has 0 saturated heterocycles. The Balaban J connectivity index is 2.70. The molecule has 88 valence electrons. The summed E-state index contributed by atoms with van der Waals surface area (Å²) in [4.78, 5) is 11.2. The van der Waals surface area contributed by atoms with Crippen molar-refractivity contribution in [3.63, 3.8) is 0 Å². The van der Waals surface area contributed by atoms with E-state index in [1.54, 1.807) is 5.32 Å². The molecule has 0 bridgehead atoms. The van der Waals surface area contributed by atoms with Crippen molar-refractivity contribution in [2.75, 3.05) is 6.54 Å². The number of alkyl halides is 3. The van der Waals surface area contributed by atoms with Gasteiger partial charge in [0.05, 0.1) is 0 Å². The number of carbonyl (C=O) groups excluding carboxylic acids is 1. The topological polar surface area (TPSA) is 29.1 Å². The number of rotatable bonds is 2. The van der Waals surface area contributed by atoms with Crippen molar-refractivity contribution in [2.24, 2.45) is 0 Å². The van der Waals surface area contributed by atoms with E-state index in [9.17, 15) is 22.4 Å². The second-order valence-corrected chi connectivity index (χ2v) is 3.26. The second kappa shape index (κ2) is 4.51. The van der Waals surface area contributed by atoms with E-state index in [1.165, 1.54) is 19.1 Å². The summed E-state index contributed by atoms with van der Waals surface area (Å²) in [5.41, 5.74) is 0.194. The SMILES string of the molecule is Cc1ccc(C(=O)NCC(F)(F)F)cc1F. The summed E-state index contributed by atoms with van der Waals surface area (Å²) in [5.74, 6) is -1.57. The minimum atomic E-state index is -4.47. The fourth-order valence-electron chi connectivity index (χ4n) is 1.02. The summed E-state index contributed by atoms with van der Waals surface area (Å²) >= 11 is 0. The molecule has 1 N–H and O–H groups in total. The summed E-state index contributed by atoms with van der Waals surface area (Å²) in [5, 5.41) is 1.65. The first kappa shape index (κ1) is 12.5. The van der Waals surface area contributed by atoms with Crippen LogP contribution in [-0.2, 0) is 0 Å². The molecule has 1 amide bonds. The van der Waals surface area contributed by atoms with Gasteiger partial charge in [0, 0.05) is 5.56 Å². The third-order valence-corrected chi connectivity index (χ3v) is 1.88. The number of halogens is 4. The van der Waals surface area contributed by atoms with Crippen molar-refractivity contribution in [3.05, 3.63) is 35.1 Å². The maximum Gasteiger partial charge on any atom is 0.405 e. The summed E-state index contributed by atoms with van der Waals surface area (Å²) in [6.45, 7) is 0.0636. The van der Waals surface area contributed by atoms with Gasteiger partial charge in [-0.25, -0.2) is 4.39 Å². The van der Waals surface area contributed by atoms with Gasteiger partial charge in [-0.15, -0.1) is 0 Å². The number of amides is 1. The van der Waals surface area contributed by atoms with Gasteiger partial charge in [-0.3, -0.25) is 4.79 Å². The fourth-order valence-corrected chi connectivity index (χ4v) is 1.02. The molecular formula is C10H9F4NO. The van der Waals surface area contributed by atoms with Crippen LogP contribution in [0.5, 0.6) is 0 Å². The number of nitrogens with one attached hydrogen (secondary N) is 1. The van der Waals surface area contributed by atoms with E-state index >= 15 is 0 Å². The Morgan fingerprint density at radius 2 is 2.00 bits per heavy atom. The van der Waals surface area contributed by atoms with Crippen LogP contribution in [0.1, 0.15) is 15.9 Å². The van der Waals surface area contributed by atoms with Crippen molar-refractivity contribution in [1.82, 2.24) is 5.32 Å². The van der Waals surface area contributed by atoms with Gasteiger partial charge in [0.2, 0.25) is 0 Å². The van der Waals surface area contributed by atoms with Crippen LogP contribution in [0.3, 0.4) is 0 Å². The van der Waals surface area contributed by atoms with Crippen molar-refractivity contribution < 1.29 is 22.4 Å². The zero-order valence-electron chi connectivity index (χ0n) is 8.36. The van der Waals surface area contributed by atoms with E-state index < -0.39 is 24.4 Å². The standard InChI is InChI=1S/C10H9F4NO/c1-6-2-3-7(4-8(6)11)9(16)15-5-10(12,13)14/h2-4H,5H2,1H3,(H,15,16). The van der Waals surface area contributed by atoms with Crippen molar-refractivity contribution in [1.29, 1.82) is 0 Å². The van der Waals surface area contributed by atoms with Crippen LogP contribution in [0.2, 0.25) is 0 Å². The molecule has 1 aromatic carbocycles. The van der Waals surface area contributed by atoms with E-state index in [4.69, 9.17) is 0 Å². The molecule has 16 heavy (non-hydrogen) atoms. The summed E-state index contributed by atoms with van der Waals surface area (Å²) < 4.78 is 48.4. The Hall–Kier alpha value is -1.59. The van der Waals surface area contributed by atoms with Gasteiger partial charge in [-0.05, 0) is 24.6 Å². The molecule has 0 heterocycles. The van der Waals surface area contributed by atoms with E-state index in [0.717, 1.165) is 6.07 Å². The molecule has 0 aliphatic heterocycles. The van der Waals surface area contributed by atoms with Crippen LogP contribution in [0.15, 0.2) is 18.2 Å². The Morgan fingerprint density at radius 3 is 2.50 bits per heavy atom. The van der Waals surface area contributed by atoms with Gasteiger partial charge in [0.1, 0.15) is 12.4 Å². The molecule has 0 radical (unpaired) electrons. The van der Waals surface area contributed by atoms with Crippen LogP contribution in [0, 0.1) is 12.7 Å². The molecule has 0 spiro atoms. The third-order valence-electron chi connectivity index (χ3n) is 1.88. The minimum Gasteiger partial charge on any atom is -0.343 e. The van der Waals surface area contributed by atoms with Gasteiger partial charge >= 0.3 is 6.18 Å². The minimum absolute atomic E-state index is 0.132. The average Bonchev–Trinajstić information content (AvgIpc) is 2.17. The molecule has 2 nitrogen and oxygen atoms in total. The Kier molecular flexibility index (Phi) is 3.51. The monoisotopic (exact) mass is 235 g/mol. The predicted octanol–water partition coefficient (Wildman–Crippen LogP) is 2.43. The normalized spacial score (nSPS) is 11.3. The van der Waals surface area contributed by atoms with Gasteiger partial charge in [0.25, 0.3) is 5.91 Å². The van der Waals surface area contributed by atoms with E-state index in [-0.39, 0.29) is 5.56 Å². The van der Waals surface area contributed by atoms with Crippen LogP contribution < -0.4 is 5.32 Å². The number of hydrogen-bond donors (Lipinski definition) is 1. The molecule has 6 heteroatoms. The molecule has 1 aromatic rings. The smallest absolute Gasteiger partial charge is 0.343 e. The molecule has 0 aromatic heterocycles. The largest absolute Gasteiger partial charge is 0.405 e. The van der Waals surface area contributed by atoms with Gasteiger partial charge in [-0.2, -0.15) is 13.2 Å². The quantitative estimate of drug-likeness (QED) is 0.783. The van der Waals surface area contributed by atoms with Gasteiger partial charge < -0.3 is 5.32 Å². The third kappa shape index (κ3) is 3.52. The number of carbonyl (C=O) groups is 1. The van der Waals surface area contributed by atoms with Gasteiger partial charge in [0.15, 0.2) is 0 Å². The zero-order valence-corrected chi connectivity index (χ0v) is 8.36. The Morgan fingerprint density at radius 1 is 1.38 bits per heavy atom. The zero-order chi connectivity index (χ0) is 12.3. The van der Waals surface area contributed by atoms with Gasteiger partial charge in [-0.1, -0.05) is 6.07 Å². The maximum atomic E-state index is 13.0. The van der Waals surface area contributed by atoms with Crippen LogP contribution in [0.25, 0.3) is 0 Å². The van der Waals surface area contributed by atoms with Crippen molar-refractivity contribution in [3.8, 4) is 0 Å². The predicted molar refractivity (Wildman–Crippen MR) is 49.5 cm³/mol. The Labute approximate surface area is 89.3 Å². The van der Waals surface area contributed by atoms with E-state index in [2.05, 4.69) is 0 Å². The summed E-state index contributed by atoms with van der Waals surface area (Å²) in [7, 11) is 0. The first-order chi connectivity index (χ1) is 7.29. The Bertz CT molecular complexity index is 400. The first-order valence-corrected chi connectivity index (χ1v) is 4.41. The molecule has 0 atom stereocenters. The fraction of sp³-hybridized carbons (Fsp3) is 0.300. The lowest BCUT2D eigenvalue weighted by molar-refractivity contribution is -0.123. The van der Waals surface area contributed by atoms with Crippen molar-refractivity contribution in [2.45, 2.75) is 13.1 Å². The summed E-state index contributed by atoms with van der Waals surface area (Å²) in [6.07, 6.45) is -4.47. The highest BCUT2D eigenvalue weighted by Gasteiger charge is 2.27. The number of aryl methyl sites for hydroxylation is 1. The molecule has 0 aliphatic rings. The number of hydrogen-bond acceptors (Lipinski definition) is 1. The highest BCUT2D eigenvalue weighted by Crippen LogP contribution is 2.13. The maximum absolute atomic E-state index is 13.0. The van der Waals surface area contributed by atoms with E-state index in [1.807, 2.05) is 0 Å². The molecular weight excluding hydrogens is 226 g/mol. The molecule has 0 fully saturated rings. The van der Waals surface area contributed by atoms with Crippen LogP contribution in [-0.4, -0.2) is 18.6 Å². The van der Waals surface area contributed by atoms with Crippen LogP contribution >= 0.6 is 0 Å². The first-order valence-electron chi connectivity index (χ1n) is 4.41. The molecule has 0 unspecified atom stereocenters. The average molecular weight is 235 g/mol. The van der Waals surface area contributed by atoms with Crippen molar-refractivity contribution >= 4 is 5.91 Å².